The number of aromatic nitrogens is 2. The predicted octanol–water partition coefficient (Wildman–Crippen LogP) is 3.83. The fourth-order valence-electron chi connectivity index (χ4n) is 1.89. The van der Waals surface area contributed by atoms with Crippen molar-refractivity contribution >= 4 is 44.8 Å². The minimum atomic E-state index is -0.0463. The Morgan fingerprint density at radius 1 is 1.24 bits per heavy atom. The lowest BCUT2D eigenvalue weighted by atomic mass is 10.3. The molecule has 0 fully saturated rings. The zero-order chi connectivity index (χ0) is 14.7. The molecule has 106 valence electrons. The molecule has 0 atom stereocenters. The number of nitrogens with zero attached hydrogens (tertiary/aromatic N) is 2. The van der Waals surface area contributed by atoms with E-state index in [1.54, 1.807) is 6.20 Å². The zero-order valence-electron chi connectivity index (χ0n) is 11.0. The van der Waals surface area contributed by atoms with Crippen LogP contribution in [0.4, 0.5) is 5.69 Å². The molecule has 0 aliphatic heterocycles. The SMILES string of the molecule is O=C(CSc1ncc2ccccn12)Nc1ccc(Br)cc1. The van der Waals surface area contributed by atoms with E-state index in [4.69, 9.17) is 0 Å². The third kappa shape index (κ3) is 3.46. The van der Waals surface area contributed by atoms with Crippen LogP contribution in [0, 0.1) is 0 Å². The molecule has 4 nitrogen and oxygen atoms in total. The van der Waals surface area contributed by atoms with Crippen LogP contribution in [0.2, 0.25) is 0 Å². The average molecular weight is 362 g/mol. The first-order valence-electron chi connectivity index (χ1n) is 6.33. The second-order valence-electron chi connectivity index (χ2n) is 4.38. The Balaban J connectivity index is 1.62. The van der Waals surface area contributed by atoms with Gasteiger partial charge in [0.15, 0.2) is 5.16 Å². The summed E-state index contributed by atoms with van der Waals surface area (Å²) in [6.45, 7) is 0. The molecule has 0 bridgehead atoms. The average Bonchev–Trinajstić information content (AvgIpc) is 2.91. The molecule has 0 unspecified atom stereocenters. The smallest absolute Gasteiger partial charge is 0.234 e. The van der Waals surface area contributed by atoms with E-state index in [9.17, 15) is 4.79 Å². The van der Waals surface area contributed by atoms with Crippen LogP contribution in [-0.2, 0) is 4.79 Å². The number of fused-ring (bicyclic) bond motifs is 1. The molecule has 21 heavy (non-hydrogen) atoms. The molecule has 0 saturated carbocycles. The topological polar surface area (TPSA) is 46.4 Å². The number of halogens is 1. The summed E-state index contributed by atoms with van der Waals surface area (Å²) in [7, 11) is 0. The fraction of sp³-hybridized carbons (Fsp3) is 0.0667. The molecule has 0 radical (unpaired) electrons. The number of anilines is 1. The Bertz CT molecular complexity index is 770. The quantitative estimate of drug-likeness (QED) is 0.718. The second-order valence-corrected chi connectivity index (χ2v) is 6.24. The van der Waals surface area contributed by atoms with Crippen molar-refractivity contribution < 1.29 is 4.79 Å². The van der Waals surface area contributed by atoms with Crippen LogP contribution in [0.3, 0.4) is 0 Å². The number of thioether (sulfide) groups is 1. The molecule has 0 spiro atoms. The number of nitrogens with one attached hydrogen (secondary N) is 1. The van der Waals surface area contributed by atoms with Crippen molar-refractivity contribution in [1.82, 2.24) is 9.38 Å². The molecule has 6 heteroatoms. The van der Waals surface area contributed by atoms with Gasteiger partial charge in [0.1, 0.15) is 0 Å². The first-order valence-corrected chi connectivity index (χ1v) is 8.10. The number of pyridine rings is 1. The Morgan fingerprint density at radius 3 is 2.86 bits per heavy atom. The van der Waals surface area contributed by atoms with Gasteiger partial charge in [-0.3, -0.25) is 9.20 Å². The summed E-state index contributed by atoms with van der Waals surface area (Å²) in [6, 6.07) is 13.4. The van der Waals surface area contributed by atoms with Crippen LogP contribution in [0.25, 0.3) is 5.52 Å². The first kappa shape index (κ1) is 14.2. The van der Waals surface area contributed by atoms with E-state index >= 15 is 0 Å². The largest absolute Gasteiger partial charge is 0.325 e. The molecule has 3 rings (SSSR count). The highest BCUT2D eigenvalue weighted by Gasteiger charge is 2.07. The number of benzene rings is 1. The van der Waals surface area contributed by atoms with Crippen molar-refractivity contribution in [2.75, 3.05) is 11.1 Å². The molecule has 2 aromatic heterocycles. The summed E-state index contributed by atoms with van der Waals surface area (Å²) in [5.41, 5.74) is 1.81. The maximum atomic E-state index is 11.9. The molecule has 1 amide bonds. The van der Waals surface area contributed by atoms with Gasteiger partial charge in [-0.05, 0) is 36.4 Å². The van der Waals surface area contributed by atoms with Gasteiger partial charge in [-0.15, -0.1) is 0 Å². The summed E-state index contributed by atoms with van der Waals surface area (Å²) < 4.78 is 2.95. The standard InChI is InChI=1S/C15H12BrN3OS/c16-11-4-6-12(7-5-11)18-14(20)10-21-15-17-9-13-3-1-2-8-19(13)15/h1-9H,10H2,(H,18,20). The van der Waals surface area contributed by atoms with Gasteiger partial charge < -0.3 is 5.32 Å². The molecule has 3 aromatic rings. The maximum Gasteiger partial charge on any atom is 0.234 e. The van der Waals surface area contributed by atoms with Crippen LogP contribution in [-0.4, -0.2) is 21.0 Å². The van der Waals surface area contributed by atoms with E-state index in [1.165, 1.54) is 11.8 Å². The van der Waals surface area contributed by atoms with Gasteiger partial charge in [-0.2, -0.15) is 0 Å². The number of amides is 1. The minimum Gasteiger partial charge on any atom is -0.325 e. The number of carbonyl (C=O) groups is 1. The molecule has 0 saturated heterocycles. The molecule has 1 N–H and O–H groups in total. The number of rotatable bonds is 4. The minimum absolute atomic E-state index is 0.0463. The van der Waals surface area contributed by atoms with Gasteiger partial charge in [0.05, 0.1) is 17.5 Å². The monoisotopic (exact) mass is 361 g/mol. The van der Waals surface area contributed by atoms with Crippen LogP contribution in [0.5, 0.6) is 0 Å². The normalized spacial score (nSPS) is 10.7. The highest BCUT2D eigenvalue weighted by atomic mass is 79.9. The summed E-state index contributed by atoms with van der Waals surface area (Å²) >= 11 is 4.78. The summed E-state index contributed by atoms with van der Waals surface area (Å²) in [6.07, 6.45) is 3.74. The van der Waals surface area contributed by atoms with Crippen molar-refractivity contribution in [3.05, 3.63) is 59.3 Å². The number of hydrogen-bond acceptors (Lipinski definition) is 3. The fourth-order valence-corrected chi connectivity index (χ4v) is 2.92. The van der Waals surface area contributed by atoms with Gasteiger partial charge >= 0.3 is 0 Å². The third-order valence-electron chi connectivity index (χ3n) is 2.87. The second kappa shape index (κ2) is 6.32. The number of imidazole rings is 1. The van der Waals surface area contributed by atoms with Gasteiger partial charge in [0, 0.05) is 16.4 Å². The molecular weight excluding hydrogens is 350 g/mol. The summed E-state index contributed by atoms with van der Waals surface area (Å²) in [5, 5.41) is 3.68. The van der Waals surface area contributed by atoms with Crippen LogP contribution < -0.4 is 5.32 Å². The van der Waals surface area contributed by atoms with Gasteiger partial charge in [0.25, 0.3) is 0 Å². The molecular formula is C15H12BrN3OS. The zero-order valence-corrected chi connectivity index (χ0v) is 13.4. The molecule has 0 aliphatic carbocycles. The van der Waals surface area contributed by atoms with E-state index in [0.29, 0.717) is 5.75 Å². The highest BCUT2D eigenvalue weighted by Crippen LogP contribution is 2.19. The molecule has 2 heterocycles. The van der Waals surface area contributed by atoms with Crippen molar-refractivity contribution in [2.24, 2.45) is 0 Å². The summed E-state index contributed by atoms with van der Waals surface area (Å²) in [5.74, 6) is 0.277. The molecule has 1 aromatic carbocycles. The Kier molecular flexibility index (Phi) is 4.26. The third-order valence-corrected chi connectivity index (χ3v) is 4.36. The first-order chi connectivity index (χ1) is 10.2. The van der Waals surface area contributed by atoms with Crippen molar-refractivity contribution in [3.8, 4) is 0 Å². The Hall–Kier alpha value is -1.79. The van der Waals surface area contributed by atoms with E-state index in [-0.39, 0.29) is 5.91 Å². The number of carbonyl (C=O) groups excluding carboxylic acids is 1. The predicted molar refractivity (Wildman–Crippen MR) is 88.7 cm³/mol. The lowest BCUT2D eigenvalue weighted by Gasteiger charge is -2.05. The van der Waals surface area contributed by atoms with Crippen LogP contribution in [0.1, 0.15) is 0 Å². The van der Waals surface area contributed by atoms with Gasteiger partial charge in [-0.1, -0.05) is 33.8 Å². The van der Waals surface area contributed by atoms with Gasteiger partial charge in [0.2, 0.25) is 5.91 Å². The van der Waals surface area contributed by atoms with Crippen LogP contribution in [0.15, 0.2) is 64.5 Å². The van der Waals surface area contributed by atoms with Crippen molar-refractivity contribution in [3.63, 3.8) is 0 Å². The Labute approximate surface area is 134 Å². The van der Waals surface area contributed by atoms with E-state index in [2.05, 4.69) is 26.2 Å². The van der Waals surface area contributed by atoms with Crippen molar-refractivity contribution in [2.45, 2.75) is 5.16 Å². The van der Waals surface area contributed by atoms with Crippen molar-refractivity contribution in [1.29, 1.82) is 0 Å². The maximum absolute atomic E-state index is 11.9. The van der Waals surface area contributed by atoms with Crippen LogP contribution >= 0.6 is 27.7 Å². The summed E-state index contributed by atoms with van der Waals surface area (Å²) in [4.78, 5) is 16.3. The van der Waals surface area contributed by atoms with E-state index < -0.39 is 0 Å². The van der Waals surface area contributed by atoms with Gasteiger partial charge in [-0.25, -0.2) is 4.98 Å². The lowest BCUT2D eigenvalue weighted by Crippen LogP contribution is -2.14. The Morgan fingerprint density at radius 2 is 2.05 bits per heavy atom. The van der Waals surface area contributed by atoms with E-state index in [0.717, 1.165) is 20.8 Å². The lowest BCUT2D eigenvalue weighted by molar-refractivity contribution is -0.113. The number of hydrogen-bond donors (Lipinski definition) is 1. The molecule has 0 aliphatic rings. The van der Waals surface area contributed by atoms with E-state index in [1.807, 2.05) is 53.1 Å². The highest BCUT2D eigenvalue weighted by molar-refractivity contribution is 9.10.